The highest BCUT2D eigenvalue weighted by Gasteiger charge is 2.29. The van der Waals surface area contributed by atoms with Crippen molar-refractivity contribution in [1.29, 1.82) is 0 Å². The minimum absolute atomic E-state index is 0.730. The van der Waals surface area contributed by atoms with Crippen molar-refractivity contribution in [2.24, 2.45) is 0 Å². The second-order valence-electron chi connectivity index (χ2n) is 8.02. The van der Waals surface area contributed by atoms with Gasteiger partial charge >= 0.3 is 0 Å². The summed E-state index contributed by atoms with van der Waals surface area (Å²) >= 11 is 0. The summed E-state index contributed by atoms with van der Waals surface area (Å²) in [7, 11) is 0. The number of nitrogens with one attached hydrogen (secondary N) is 1. The third kappa shape index (κ3) is 2.77. The Balaban J connectivity index is 1.24. The van der Waals surface area contributed by atoms with E-state index in [1.54, 1.807) is 11.1 Å². The predicted octanol–water partition coefficient (Wildman–Crippen LogP) is 3.23. The molecule has 0 radical (unpaired) electrons. The van der Waals surface area contributed by atoms with E-state index in [9.17, 15) is 0 Å². The minimum atomic E-state index is 0.730. The number of hydrogen-bond acceptors (Lipinski definition) is 3. The van der Waals surface area contributed by atoms with Crippen LogP contribution in [0.3, 0.4) is 0 Å². The summed E-state index contributed by atoms with van der Waals surface area (Å²) in [5.41, 5.74) is 8.63. The fourth-order valence-corrected chi connectivity index (χ4v) is 5.01. The second kappa shape index (κ2) is 6.17. The number of hydrogen-bond donors (Lipinski definition) is 1. The number of fused-ring (bicyclic) bond motifs is 2. The molecular weight excluding hydrogens is 308 g/mol. The summed E-state index contributed by atoms with van der Waals surface area (Å²) in [6.45, 7) is 6.79. The van der Waals surface area contributed by atoms with E-state index in [2.05, 4.69) is 45.1 Å². The zero-order chi connectivity index (χ0) is 16.8. The standard InChI is InChI=1S/C21H28N4/c1-15-20-14-25(12-9-21(20)23-22-15)18-7-10-24(11-8-18)19-6-5-16-3-2-4-17(16)13-19/h5-6,13,18H,2-4,7-12,14H2,1H3,(H,22,23). The van der Waals surface area contributed by atoms with Crippen LogP contribution in [0.2, 0.25) is 0 Å². The van der Waals surface area contributed by atoms with Crippen LogP contribution in [0.25, 0.3) is 0 Å². The van der Waals surface area contributed by atoms with Gasteiger partial charge in [0.15, 0.2) is 0 Å². The van der Waals surface area contributed by atoms with E-state index in [-0.39, 0.29) is 0 Å². The Hall–Kier alpha value is -1.81. The fraction of sp³-hybridized carbons (Fsp3) is 0.571. The highest BCUT2D eigenvalue weighted by molar-refractivity contribution is 5.52. The third-order valence-corrected chi connectivity index (χ3v) is 6.58. The molecule has 4 heteroatoms. The summed E-state index contributed by atoms with van der Waals surface area (Å²) in [4.78, 5) is 5.30. The van der Waals surface area contributed by atoms with Crippen LogP contribution in [-0.4, -0.2) is 40.8 Å². The van der Waals surface area contributed by atoms with Gasteiger partial charge in [0.25, 0.3) is 0 Å². The number of anilines is 1. The number of aromatic amines is 1. The lowest BCUT2D eigenvalue weighted by molar-refractivity contribution is 0.152. The average Bonchev–Trinajstić information content (AvgIpc) is 3.28. The van der Waals surface area contributed by atoms with Crippen molar-refractivity contribution in [3.63, 3.8) is 0 Å². The molecule has 4 nitrogen and oxygen atoms in total. The molecule has 25 heavy (non-hydrogen) atoms. The van der Waals surface area contributed by atoms with E-state index in [0.29, 0.717) is 0 Å². The maximum atomic E-state index is 4.46. The largest absolute Gasteiger partial charge is 0.371 e. The first-order chi connectivity index (χ1) is 12.3. The summed E-state index contributed by atoms with van der Waals surface area (Å²) in [6, 6.07) is 7.92. The molecule has 0 amide bonds. The van der Waals surface area contributed by atoms with Gasteiger partial charge in [-0.2, -0.15) is 5.10 Å². The second-order valence-corrected chi connectivity index (χ2v) is 8.02. The van der Waals surface area contributed by atoms with E-state index in [0.717, 1.165) is 19.0 Å². The molecule has 5 rings (SSSR count). The van der Waals surface area contributed by atoms with E-state index < -0.39 is 0 Å². The van der Waals surface area contributed by atoms with Gasteiger partial charge in [-0.15, -0.1) is 0 Å². The molecule has 2 aliphatic heterocycles. The zero-order valence-corrected chi connectivity index (χ0v) is 15.2. The molecule has 132 valence electrons. The maximum Gasteiger partial charge on any atom is 0.0682 e. The van der Waals surface area contributed by atoms with Gasteiger partial charge in [-0.1, -0.05) is 6.07 Å². The minimum Gasteiger partial charge on any atom is -0.371 e. The number of nitrogens with zero attached hydrogens (tertiary/aromatic N) is 3. The number of H-pyrrole nitrogens is 1. The van der Waals surface area contributed by atoms with E-state index in [1.807, 2.05) is 0 Å². The van der Waals surface area contributed by atoms with Gasteiger partial charge in [-0.25, -0.2) is 0 Å². The van der Waals surface area contributed by atoms with E-state index in [1.165, 1.54) is 74.4 Å². The molecule has 0 atom stereocenters. The summed E-state index contributed by atoms with van der Waals surface area (Å²) in [5, 5.41) is 7.62. The molecular formula is C21H28N4. The van der Waals surface area contributed by atoms with Crippen molar-refractivity contribution < 1.29 is 0 Å². The summed E-state index contributed by atoms with van der Waals surface area (Å²) < 4.78 is 0. The molecule has 1 aromatic carbocycles. The normalized spacial score (nSPS) is 21.4. The first-order valence-corrected chi connectivity index (χ1v) is 9.91. The first kappa shape index (κ1) is 15.4. The van der Waals surface area contributed by atoms with Crippen LogP contribution in [0.4, 0.5) is 5.69 Å². The quantitative estimate of drug-likeness (QED) is 0.914. The molecule has 3 aliphatic rings. The van der Waals surface area contributed by atoms with Crippen LogP contribution in [0.1, 0.15) is 47.3 Å². The lowest BCUT2D eigenvalue weighted by Crippen LogP contribution is -2.46. The number of aromatic nitrogens is 2. The summed E-state index contributed by atoms with van der Waals surface area (Å²) in [6.07, 6.45) is 7.56. The number of benzene rings is 1. The maximum absolute atomic E-state index is 4.46. The van der Waals surface area contributed by atoms with Crippen molar-refractivity contribution in [3.8, 4) is 0 Å². The van der Waals surface area contributed by atoms with Gasteiger partial charge in [0, 0.05) is 55.6 Å². The van der Waals surface area contributed by atoms with Gasteiger partial charge in [-0.05, 0) is 62.3 Å². The van der Waals surface area contributed by atoms with Crippen LogP contribution in [0.15, 0.2) is 18.2 Å². The molecule has 1 saturated heterocycles. The van der Waals surface area contributed by atoms with E-state index in [4.69, 9.17) is 0 Å². The fourth-order valence-electron chi connectivity index (χ4n) is 5.01. The van der Waals surface area contributed by atoms with Gasteiger partial charge in [0.05, 0.1) is 5.69 Å². The molecule has 1 fully saturated rings. The van der Waals surface area contributed by atoms with Crippen molar-refractivity contribution >= 4 is 5.69 Å². The zero-order valence-electron chi connectivity index (χ0n) is 15.2. The number of rotatable bonds is 2. The number of piperidine rings is 1. The van der Waals surface area contributed by atoms with Crippen molar-refractivity contribution in [2.45, 2.75) is 58.0 Å². The van der Waals surface area contributed by atoms with Crippen molar-refractivity contribution in [2.75, 3.05) is 24.5 Å². The third-order valence-electron chi connectivity index (χ3n) is 6.58. The highest BCUT2D eigenvalue weighted by atomic mass is 15.2. The Morgan fingerprint density at radius 2 is 1.88 bits per heavy atom. The van der Waals surface area contributed by atoms with Crippen molar-refractivity contribution in [3.05, 3.63) is 46.3 Å². The smallest absolute Gasteiger partial charge is 0.0682 e. The predicted molar refractivity (Wildman–Crippen MR) is 101 cm³/mol. The Morgan fingerprint density at radius 1 is 1.04 bits per heavy atom. The monoisotopic (exact) mass is 336 g/mol. The molecule has 0 spiro atoms. The molecule has 0 saturated carbocycles. The van der Waals surface area contributed by atoms with Crippen LogP contribution in [0, 0.1) is 6.92 Å². The molecule has 1 N–H and O–H groups in total. The van der Waals surface area contributed by atoms with Gasteiger partial charge in [0.1, 0.15) is 0 Å². The SMILES string of the molecule is Cc1[nH]nc2c1CN(C1CCN(c3ccc4c(c3)CCC4)CC1)CC2. The Labute approximate surface area is 150 Å². The molecule has 0 bridgehead atoms. The number of aryl methyl sites for hydroxylation is 3. The molecule has 0 unspecified atom stereocenters. The van der Waals surface area contributed by atoms with Crippen LogP contribution >= 0.6 is 0 Å². The molecule has 2 aromatic rings. The topological polar surface area (TPSA) is 35.2 Å². The Bertz CT molecular complexity index is 770. The van der Waals surface area contributed by atoms with Crippen LogP contribution < -0.4 is 4.90 Å². The van der Waals surface area contributed by atoms with Crippen LogP contribution in [-0.2, 0) is 25.8 Å². The lowest BCUT2D eigenvalue weighted by Gasteiger charge is -2.41. The highest BCUT2D eigenvalue weighted by Crippen LogP contribution is 2.30. The Morgan fingerprint density at radius 3 is 2.76 bits per heavy atom. The molecule has 1 aliphatic carbocycles. The molecule has 1 aromatic heterocycles. The lowest BCUT2D eigenvalue weighted by atomic mass is 9.97. The van der Waals surface area contributed by atoms with Crippen LogP contribution in [0.5, 0.6) is 0 Å². The average molecular weight is 336 g/mol. The van der Waals surface area contributed by atoms with Gasteiger partial charge in [-0.3, -0.25) is 10.00 Å². The first-order valence-electron chi connectivity index (χ1n) is 9.91. The summed E-state index contributed by atoms with van der Waals surface area (Å²) in [5.74, 6) is 0. The molecule has 3 heterocycles. The van der Waals surface area contributed by atoms with Gasteiger partial charge < -0.3 is 4.90 Å². The Kier molecular flexibility index (Phi) is 3.81. The van der Waals surface area contributed by atoms with E-state index >= 15 is 0 Å². The van der Waals surface area contributed by atoms with Crippen molar-refractivity contribution in [1.82, 2.24) is 15.1 Å². The van der Waals surface area contributed by atoms with Gasteiger partial charge in [0.2, 0.25) is 0 Å².